The lowest BCUT2D eigenvalue weighted by molar-refractivity contribution is -0.384. The van der Waals surface area contributed by atoms with Gasteiger partial charge >= 0.3 is 0 Å². The highest BCUT2D eigenvalue weighted by Crippen LogP contribution is 2.25. The minimum atomic E-state index is -0.687. The number of hydrogen-bond donors (Lipinski definition) is 1. The van der Waals surface area contributed by atoms with Crippen molar-refractivity contribution < 1.29 is 14.5 Å². The van der Waals surface area contributed by atoms with Crippen molar-refractivity contribution in [3.8, 4) is 23.1 Å². The summed E-state index contributed by atoms with van der Waals surface area (Å²) in [5.41, 5.74) is -0.394. The van der Waals surface area contributed by atoms with Gasteiger partial charge in [0.1, 0.15) is 17.4 Å². The van der Waals surface area contributed by atoms with E-state index in [0.29, 0.717) is 11.3 Å². The second-order valence-corrected chi connectivity index (χ2v) is 6.92. The number of benzene rings is 2. The first-order chi connectivity index (χ1) is 14.4. The summed E-state index contributed by atoms with van der Waals surface area (Å²) in [7, 11) is 1.53. The Morgan fingerprint density at radius 1 is 1.30 bits per heavy atom. The van der Waals surface area contributed by atoms with Crippen molar-refractivity contribution >= 4 is 23.2 Å². The molecule has 1 aromatic heterocycles. The van der Waals surface area contributed by atoms with E-state index >= 15 is 0 Å². The van der Waals surface area contributed by atoms with Gasteiger partial charge in [0.25, 0.3) is 11.2 Å². The number of nitriles is 1. The third kappa shape index (κ3) is 4.53. The number of hydrogen-bond acceptors (Lipinski definition) is 8. The van der Waals surface area contributed by atoms with E-state index in [2.05, 4.69) is 9.97 Å². The number of thioether (sulfide) groups is 1. The lowest BCUT2D eigenvalue weighted by atomic mass is 10.1. The number of ketones is 1. The summed E-state index contributed by atoms with van der Waals surface area (Å²) >= 11 is 0.995. The van der Waals surface area contributed by atoms with Crippen LogP contribution in [-0.2, 0) is 0 Å². The van der Waals surface area contributed by atoms with E-state index in [1.54, 1.807) is 30.3 Å². The minimum Gasteiger partial charge on any atom is -0.497 e. The lowest BCUT2D eigenvalue weighted by Crippen LogP contribution is -2.15. The number of nitrogens with one attached hydrogen (secondary N) is 1. The van der Waals surface area contributed by atoms with Gasteiger partial charge in [-0.1, -0.05) is 23.9 Å². The zero-order chi connectivity index (χ0) is 21.7. The molecule has 0 aliphatic rings. The van der Waals surface area contributed by atoms with Gasteiger partial charge in [-0.3, -0.25) is 19.7 Å². The Morgan fingerprint density at radius 3 is 2.67 bits per heavy atom. The van der Waals surface area contributed by atoms with Crippen LogP contribution in [0, 0.1) is 21.4 Å². The van der Waals surface area contributed by atoms with E-state index in [-0.39, 0.29) is 39.2 Å². The lowest BCUT2D eigenvalue weighted by Gasteiger charge is -2.07. The maximum absolute atomic E-state index is 12.4. The van der Waals surface area contributed by atoms with Gasteiger partial charge in [-0.25, -0.2) is 4.98 Å². The van der Waals surface area contributed by atoms with E-state index in [1.807, 2.05) is 0 Å². The Morgan fingerprint density at radius 2 is 2.03 bits per heavy atom. The maximum atomic E-state index is 12.4. The highest BCUT2D eigenvalue weighted by Gasteiger charge is 2.17. The van der Waals surface area contributed by atoms with E-state index < -0.39 is 10.5 Å². The number of nitrogens with zero attached hydrogens (tertiary/aromatic N) is 3. The van der Waals surface area contributed by atoms with Crippen LogP contribution in [0.1, 0.15) is 15.9 Å². The molecule has 0 aliphatic carbocycles. The van der Waals surface area contributed by atoms with Gasteiger partial charge in [0.05, 0.1) is 23.5 Å². The molecule has 2 aromatic carbocycles. The van der Waals surface area contributed by atoms with Gasteiger partial charge in [0.15, 0.2) is 10.9 Å². The van der Waals surface area contributed by atoms with Crippen molar-refractivity contribution in [2.24, 2.45) is 0 Å². The predicted molar refractivity (Wildman–Crippen MR) is 110 cm³/mol. The molecule has 30 heavy (non-hydrogen) atoms. The van der Waals surface area contributed by atoms with Crippen LogP contribution in [-0.4, -0.2) is 33.5 Å². The van der Waals surface area contributed by atoms with E-state index in [4.69, 9.17) is 4.74 Å². The molecule has 9 nitrogen and oxygen atoms in total. The predicted octanol–water partition coefficient (Wildman–Crippen LogP) is 3.20. The van der Waals surface area contributed by atoms with Gasteiger partial charge < -0.3 is 9.72 Å². The molecule has 10 heteroatoms. The number of aromatic nitrogens is 2. The van der Waals surface area contributed by atoms with Crippen molar-refractivity contribution in [2.45, 2.75) is 5.16 Å². The average Bonchev–Trinajstić information content (AvgIpc) is 2.77. The van der Waals surface area contributed by atoms with Gasteiger partial charge in [0, 0.05) is 23.3 Å². The molecule has 0 amide bonds. The number of nitro groups is 1. The van der Waals surface area contributed by atoms with Crippen molar-refractivity contribution in [2.75, 3.05) is 12.9 Å². The Hall–Kier alpha value is -3.97. The Labute approximate surface area is 174 Å². The molecule has 0 saturated carbocycles. The van der Waals surface area contributed by atoms with E-state index in [1.165, 1.54) is 31.4 Å². The molecule has 0 unspecified atom stereocenters. The SMILES string of the molecule is COc1ccc(C(=O)CSc2nc(-c3cccc([N+](=O)[O-])c3)c(C#N)c(=O)[nH]2)cc1. The fourth-order valence-corrected chi connectivity index (χ4v) is 3.35. The topological polar surface area (TPSA) is 139 Å². The monoisotopic (exact) mass is 422 g/mol. The van der Waals surface area contributed by atoms with Gasteiger partial charge in [-0.15, -0.1) is 0 Å². The Bertz CT molecular complexity index is 1220. The second-order valence-electron chi connectivity index (χ2n) is 5.95. The summed E-state index contributed by atoms with van der Waals surface area (Å²) in [6.07, 6.45) is 0. The van der Waals surface area contributed by atoms with E-state index in [0.717, 1.165) is 11.8 Å². The number of Topliss-reactive ketones (excluding diaryl/α,β-unsaturated/α-hetero) is 1. The molecule has 0 aliphatic heterocycles. The van der Waals surface area contributed by atoms with Gasteiger partial charge in [-0.05, 0) is 24.3 Å². The minimum absolute atomic E-state index is 0.00442. The fourth-order valence-electron chi connectivity index (χ4n) is 2.59. The zero-order valence-corrected chi connectivity index (χ0v) is 16.4. The molecule has 0 atom stereocenters. The zero-order valence-electron chi connectivity index (χ0n) is 15.6. The molecule has 3 aromatic rings. The van der Waals surface area contributed by atoms with Crippen LogP contribution in [0.3, 0.4) is 0 Å². The van der Waals surface area contributed by atoms with Crippen molar-refractivity contribution in [3.63, 3.8) is 0 Å². The third-order valence-corrected chi connectivity index (χ3v) is 4.97. The third-order valence-electron chi connectivity index (χ3n) is 4.09. The first kappa shape index (κ1) is 20.8. The molecule has 0 spiro atoms. The van der Waals surface area contributed by atoms with Crippen LogP contribution in [0.25, 0.3) is 11.3 Å². The van der Waals surface area contributed by atoms with Crippen molar-refractivity contribution in [1.29, 1.82) is 5.26 Å². The average molecular weight is 422 g/mol. The van der Waals surface area contributed by atoms with Gasteiger partial charge in [-0.2, -0.15) is 5.26 Å². The number of aromatic amines is 1. The summed E-state index contributed by atoms with van der Waals surface area (Å²) < 4.78 is 5.06. The first-order valence-corrected chi connectivity index (χ1v) is 9.50. The summed E-state index contributed by atoms with van der Waals surface area (Å²) in [5, 5.41) is 20.5. The van der Waals surface area contributed by atoms with E-state index in [9.17, 15) is 25.0 Å². The number of ether oxygens (including phenoxy) is 1. The van der Waals surface area contributed by atoms with Crippen molar-refractivity contribution in [3.05, 3.63) is 80.1 Å². The number of non-ortho nitro benzene ring substituents is 1. The standard InChI is InChI=1S/C20H14N4O5S/c1-29-15-7-5-12(6-8-15)17(25)11-30-20-22-18(16(10-21)19(26)23-20)13-3-2-4-14(9-13)24(27)28/h2-9H,11H2,1H3,(H,22,23,26). The number of methoxy groups -OCH3 is 1. The molecule has 1 heterocycles. The number of carbonyl (C=O) groups excluding carboxylic acids is 1. The van der Waals surface area contributed by atoms with Crippen LogP contribution < -0.4 is 10.3 Å². The smallest absolute Gasteiger partial charge is 0.270 e. The molecule has 0 radical (unpaired) electrons. The highest BCUT2D eigenvalue weighted by molar-refractivity contribution is 7.99. The first-order valence-electron chi connectivity index (χ1n) is 8.52. The highest BCUT2D eigenvalue weighted by atomic mass is 32.2. The molecular weight excluding hydrogens is 408 g/mol. The molecular formula is C20H14N4O5S. The van der Waals surface area contributed by atoms with Crippen LogP contribution in [0.15, 0.2) is 58.5 Å². The quantitative estimate of drug-likeness (QED) is 0.201. The summed E-state index contributed by atoms with van der Waals surface area (Å²) in [5.74, 6) is 0.431. The number of carbonyl (C=O) groups is 1. The second kappa shape index (κ2) is 9.02. The molecule has 0 bridgehead atoms. The Balaban J connectivity index is 1.88. The van der Waals surface area contributed by atoms with Crippen LogP contribution >= 0.6 is 11.8 Å². The van der Waals surface area contributed by atoms with Crippen LogP contribution in [0.2, 0.25) is 0 Å². The number of H-pyrrole nitrogens is 1. The fraction of sp³-hybridized carbons (Fsp3) is 0.100. The number of rotatable bonds is 7. The van der Waals surface area contributed by atoms with Crippen LogP contribution in [0.4, 0.5) is 5.69 Å². The largest absolute Gasteiger partial charge is 0.497 e. The number of nitro benzene ring substituents is 1. The molecule has 150 valence electrons. The summed E-state index contributed by atoms with van der Waals surface area (Å²) in [6, 6.07) is 13.9. The summed E-state index contributed by atoms with van der Waals surface area (Å²) in [4.78, 5) is 41.9. The normalized spacial score (nSPS) is 10.3. The molecule has 1 N–H and O–H groups in total. The maximum Gasteiger partial charge on any atom is 0.270 e. The molecule has 3 rings (SSSR count). The van der Waals surface area contributed by atoms with Crippen molar-refractivity contribution in [1.82, 2.24) is 9.97 Å². The molecule has 0 fully saturated rings. The Kier molecular flexibility index (Phi) is 6.24. The van der Waals surface area contributed by atoms with Crippen LogP contribution in [0.5, 0.6) is 5.75 Å². The van der Waals surface area contributed by atoms with Gasteiger partial charge in [0.2, 0.25) is 0 Å². The summed E-state index contributed by atoms with van der Waals surface area (Å²) in [6.45, 7) is 0. The molecule has 0 saturated heterocycles.